The van der Waals surface area contributed by atoms with Gasteiger partial charge in [-0.05, 0) is 96.9 Å². The van der Waals surface area contributed by atoms with E-state index in [0.717, 1.165) is 35.6 Å². The molecule has 0 amide bonds. The minimum Gasteiger partial charge on any atom is -0.314 e. The van der Waals surface area contributed by atoms with Crippen molar-refractivity contribution in [3.8, 4) is 11.1 Å². The molecule has 3 aliphatic carbocycles. The van der Waals surface area contributed by atoms with Crippen LogP contribution in [0.3, 0.4) is 0 Å². The highest BCUT2D eigenvalue weighted by Crippen LogP contribution is 2.56. The highest BCUT2D eigenvalue weighted by molar-refractivity contribution is 5.78. The normalized spacial score (nSPS) is 36.5. The summed E-state index contributed by atoms with van der Waals surface area (Å²) in [5.74, 6) is 5.29. The number of fused-ring (bicyclic) bond motifs is 5. The summed E-state index contributed by atoms with van der Waals surface area (Å²) >= 11 is 0. The maximum Gasteiger partial charge on any atom is 0.0104 e. The third-order valence-corrected chi connectivity index (χ3v) is 8.89. The second-order valence-electron chi connectivity index (χ2n) is 10.2. The van der Waals surface area contributed by atoms with Crippen LogP contribution in [0.25, 0.3) is 11.1 Å². The summed E-state index contributed by atoms with van der Waals surface area (Å²) < 4.78 is 0. The van der Waals surface area contributed by atoms with Gasteiger partial charge in [-0.3, -0.25) is 0 Å². The first-order chi connectivity index (χ1) is 13.8. The van der Waals surface area contributed by atoms with Gasteiger partial charge < -0.3 is 5.32 Å². The number of hydrogen-bond donors (Lipinski definition) is 1. The standard InChI is InChI=1S/C27H33N/c1-17-13-19-14-18-7-6-12-28-27(18)16-25(19)24(17)15-26-22-10-4-2-8-20(22)21-9-3-5-11-23(21)26/h2-5,8-11,17-19,24-28H,6-7,12-16H2,1H3. The van der Waals surface area contributed by atoms with Crippen LogP contribution in [0.2, 0.25) is 0 Å². The SMILES string of the molecule is CC1CC2CC3CCCNC3CC2C1CC1c2ccccc2-c2ccccc21. The lowest BCUT2D eigenvalue weighted by atomic mass is 9.67. The van der Waals surface area contributed by atoms with Crippen molar-refractivity contribution in [2.45, 2.75) is 57.4 Å². The Balaban J connectivity index is 1.31. The second kappa shape index (κ2) is 6.73. The second-order valence-corrected chi connectivity index (χ2v) is 10.2. The van der Waals surface area contributed by atoms with Gasteiger partial charge in [0.2, 0.25) is 0 Å². The Labute approximate surface area is 169 Å². The molecule has 1 heteroatoms. The van der Waals surface area contributed by atoms with Crippen LogP contribution in [0.4, 0.5) is 0 Å². The summed E-state index contributed by atoms with van der Waals surface area (Å²) in [6.07, 6.45) is 8.65. The molecule has 0 bridgehead atoms. The molecule has 6 unspecified atom stereocenters. The van der Waals surface area contributed by atoms with Crippen molar-refractivity contribution in [1.82, 2.24) is 5.32 Å². The Kier molecular flexibility index (Phi) is 4.15. The Morgan fingerprint density at radius 1 is 0.857 bits per heavy atom. The molecule has 2 aromatic rings. The van der Waals surface area contributed by atoms with Crippen molar-refractivity contribution in [1.29, 1.82) is 0 Å². The van der Waals surface area contributed by atoms with Gasteiger partial charge in [0.15, 0.2) is 0 Å². The van der Waals surface area contributed by atoms with Crippen LogP contribution >= 0.6 is 0 Å². The molecule has 2 saturated carbocycles. The first-order valence-corrected chi connectivity index (χ1v) is 11.7. The van der Waals surface area contributed by atoms with Gasteiger partial charge in [-0.2, -0.15) is 0 Å². The molecule has 1 saturated heterocycles. The molecule has 0 spiro atoms. The van der Waals surface area contributed by atoms with Gasteiger partial charge in [0, 0.05) is 12.0 Å². The zero-order valence-corrected chi connectivity index (χ0v) is 17.1. The van der Waals surface area contributed by atoms with E-state index in [2.05, 4.69) is 60.8 Å². The smallest absolute Gasteiger partial charge is 0.0104 e. The fraction of sp³-hybridized carbons (Fsp3) is 0.556. The van der Waals surface area contributed by atoms with Crippen LogP contribution in [-0.4, -0.2) is 12.6 Å². The molecule has 3 fully saturated rings. The molecular formula is C27H33N. The predicted octanol–water partition coefficient (Wildman–Crippen LogP) is 6.24. The lowest BCUT2D eigenvalue weighted by molar-refractivity contribution is 0.102. The highest BCUT2D eigenvalue weighted by Gasteiger charge is 2.48. The van der Waals surface area contributed by atoms with E-state index < -0.39 is 0 Å². The van der Waals surface area contributed by atoms with Gasteiger partial charge in [0.25, 0.3) is 0 Å². The predicted molar refractivity (Wildman–Crippen MR) is 116 cm³/mol. The summed E-state index contributed by atoms with van der Waals surface area (Å²) in [5, 5.41) is 3.89. The zero-order chi connectivity index (χ0) is 18.7. The van der Waals surface area contributed by atoms with Crippen LogP contribution in [0, 0.1) is 29.6 Å². The maximum absolute atomic E-state index is 3.89. The molecule has 0 radical (unpaired) electrons. The first kappa shape index (κ1) is 17.3. The van der Waals surface area contributed by atoms with Crippen molar-refractivity contribution >= 4 is 0 Å². The van der Waals surface area contributed by atoms with E-state index in [1.807, 2.05) is 0 Å². The molecule has 0 aromatic heterocycles. The molecule has 28 heavy (non-hydrogen) atoms. The van der Waals surface area contributed by atoms with E-state index in [4.69, 9.17) is 0 Å². The average Bonchev–Trinajstić information content (AvgIpc) is 3.21. The van der Waals surface area contributed by atoms with Gasteiger partial charge >= 0.3 is 0 Å². The van der Waals surface area contributed by atoms with Crippen molar-refractivity contribution < 1.29 is 0 Å². The third kappa shape index (κ3) is 2.62. The van der Waals surface area contributed by atoms with Crippen molar-refractivity contribution in [2.24, 2.45) is 29.6 Å². The van der Waals surface area contributed by atoms with Gasteiger partial charge in [-0.1, -0.05) is 55.5 Å². The van der Waals surface area contributed by atoms with Crippen molar-refractivity contribution in [3.05, 3.63) is 59.7 Å². The summed E-state index contributed by atoms with van der Waals surface area (Å²) in [7, 11) is 0. The molecule has 1 heterocycles. The van der Waals surface area contributed by atoms with E-state index in [1.54, 1.807) is 11.1 Å². The number of benzene rings is 2. The zero-order valence-electron chi connectivity index (χ0n) is 17.1. The molecule has 6 rings (SSSR count). The van der Waals surface area contributed by atoms with E-state index in [1.165, 1.54) is 56.2 Å². The molecular weight excluding hydrogens is 338 g/mol. The average molecular weight is 372 g/mol. The van der Waals surface area contributed by atoms with Gasteiger partial charge in [-0.15, -0.1) is 0 Å². The lowest BCUT2D eigenvalue weighted by Crippen LogP contribution is -2.47. The fourth-order valence-corrected chi connectivity index (χ4v) is 7.69. The van der Waals surface area contributed by atoms with E-state index in [0.29, 0.717) is 5.92 Å². The van der Waals surface area contributed by atoms with Crippen molar-refractivity contribution in [3.63, 3.8) is 0 Å². The van der Waals surface area contributed by atoms with Crippen molar-refractivity contribution in [2.75, 3.05) is 6.54 Å². The quantitative estimate of drug-likeness (QED) is 0.659. The van der Waals surface area contributed by atoms with E-state index in [9.17, 15) is 0 Å². The third-order valence-electron chi connectivity index (χ3n) is 8.89. The van der Waals surface area contributed by atoms with E-state index >= 15 is 0 Å². The van der Waals surface area contributed by atoms with Crippen LogP contribution in [-0.2, 0) is 0 Å². The van der Waals surface area contributed by atoms with Gasteiger partial charge in [0.1, 0.15) is 0 Å². The maximum atomic E-state index is 3.89. The molecule has 2 aromatic carbocycles. The monoisotopic (exact) mass is 371 g/mol. The van der Waals surface area contributed by atoms with Crippen LogP contribution in [0.1, 0.15) is 62.5 Å². The summed E-state index contributed by atoms with van der Waals surface area (Å²) in [5.41, 5.74) is 6.15. The number of piperidine rings is 1. The molecule has 1 nitrogen and oxygen atoms in total. The Bertz CT molecular complexity index is 825. The van der Waals surface area contributed by atoms with Gasteiger partial charge in [0.05, 0.1) is 0 Å². The Morgan fingerprint density at radius 3 is 2.32 bits per heavy atom. The van der Waals surface area contributed by atoms with Crippen LogP contribution < -0.4 is 5.32 Å². The van der Waals surface area contributed by atoms with Crippen LogP contribution in [0.15, 0.2) is 48.5 Å². The lowest BCUT2D eigenvalue weighted by Gasteiger charge is -2.44. The minimum atomic E-state index is 0.607. The molecule has 6 atom stereocenters. The molecule has 1 N–H and O–H groups in total. The summed E-state index contributed by atoms with van der Waals surface area (Å²) in [4.78, 5) is 0. The number of hydrogen-bond acceptors (Lipinski definition) is 1. The largest absolute Gasteiger partial charge is 0.314 e. The van der Waals surface area contributed by atoms with E-state index in [-0.39, 0.29) is 0 Å². The number of nitrogens with one attached hydrogen (secondary N) is 1. The fourth-order valence-electron chi connectivity index (χ4n) is 7.69. The molecule has 1 aliphatic heterocycles. The Morgan fingerprint density at radius 2 is 1.57 bits per heavy atom. The topological polar surface area (TPSA) is 12.0 Å². The molecule has 146 valence electrons. The summed E-state index contributed by atoms with van der Waals surface area (Å²) in [6, 6.07) is 19.2. The van der Waals surface area contributed by atoms with Gasteiger partial charge in [-0.25, -0.2) is 0 Å². The highest BCUT2D eigenvalue weighted by atomic mass is 14.9. The van der Waals surface area contributed by atoms with Crippen LogP contribution in [0.5, 0.6) is 0 Å². The Hall–Kier alpha value is -1.60. The number of rotatable bonds is 2. The first-order valence-electron chi connectivity index (χ1n) is 11.7. The minimum absolute atomic E-state index is 0.607. The summed E-state index contributed by atoms with van der Waals surface area (Å²) in [6.45, 7) is 3.81. The molecule has 4 aliphatic rings.